The first-order valence-electron chi connectivity index (χ1n) is 9.13. The van der Waals surface area contributed by atoms with E-state index in [0.29, 0.717) is 23.8 Å². The van der Waals surface area contributed by atoms with Gasteiger partial charge in [-0.2, -0.15) is 15.2 Å². The Morgan fingerprint density at radius 3 is 2.70 bits per heavy atom. The van der Waals surface area contributed by atoms with Crippen LogP contribution in [0, 0.1) is 11.3 Å². The molecule has 0 aliphatic rings. The largest absolute Gasteiger partial charge is 0.382 e. The second kappa shape index (κ2) is 8.19. The highest BCUT2D eigenvalue weighted by atomic mass is 35.5. The van der Waals surface area contributed by atoms with Crippen LogP contribution in [0.15, 0.2) is 48.7 Å². The van der Waals surface area contributed by atoms with Crippen LogP contribution in [0.3, 0.4) is 0 Å². The Labute approximate surface area is 177 Å². The molecule has 0 aliphatic heterocycles. The van der Waals surface area contributed by atoms with E-state index in [1.165, 1.54) is 0 Å². The summed E-state index contributed by atoms with van der Waals surface area (Å²) >= 11 is 6.35. The van der Waals surface area contributed by atoms with E-state index in [1.54, 1.807) is 6.20 Å². The minimum Gasteiger partial charge on any atom is -0.382 e. The summed E-state index contributed by atoms with van der Waals surface area (Å²) in [5.74, 6) is 0.354. The smallest absolute Gasteiger partial charge is 0.224 e. The molecule has 5 N–H and O–H groups in total. The molecule has 148 valence electrons. The van der Waals surface area contributed by atoms with E-state index in [2.05, 4.69) is 20.3 Å². The third-order valence-electron chi connectivity index (χ3n) is 4.54. The summed E-state index contributed by atoms with van der Waals surface area (Å²) in [5.41, 5.74) is 14.8. The fraction of sp³-hybridized carbons (Fsp3) is 0.0952. The van der Waals surface area contributed by atoms with Crippen molar-refractivity contribution in [3.63, 3.8) is 0 Å². The summed E-state index contributed by atoms with van der Waals surface area (Å²) in [4.78, 5) is 17.1. The summed E-state index contributed by atoms with van der Waals surface area (Å²) < 4.78 is 0. The van der Waals surface area contributed by atoms with E-state index in [-0.39, 0.29) is 17.3 Å². The summed E-state index contributed by atoms with van der Waals surface area (Å²) in [5, 5.41) is 14.0. The maximum Gasteiger partial charge on any atom is 0.224 e. The molecule has 9 heteroatoms. The fourth-order valence-corrected chi connectivity index (χ4v) is 3.40. The highest BCUT2D eigenvalue weighted by Gasteiger charge is 2.14. The van der Waals surface area contributed by atoms with Gasteiger partial charge in [0.2, 0.25) is 5.95 Å². The number of aromatic nitrogens is 4. The third kappa shape index (κ3) is 3.79. The van der Waals surface area contributed by atoms with Gasteiger partial charge in [-0.1, -0.05) is 29.8 Å². The number of fused-ring (bicyclic) bond motifs is 1. The molecule has 0 amide bonds. The molecule has 0 saturated carbocycles. The summed E-state index contributed by atoms with van der Waals surface area (Å²) in [6.45, 7) is 0.470. The maximum atomic E-state index is 9.32. The number of nitrogen functional groups attached to an aromatic ring is 2. The van der Waals surface area contributed by atoms with Crippen molar-refractivity contribution in [1.29, 1.82) is 5.26 Å². The van der Waals surface area contributed by atoms with Crippen LogP contribution >= 0.6 is 11.6 Å². The van der Waals surface area contributed by atoms with E-state index in [1.807, 2.05) is 48.5 Å². The summed E-state index contributed by atoms with van der Waals surface area (Å²) in [6.07, 6.45) is 2.32. The molecular weight excluding hydrogens is 400 g/mol. The van der Waals surface area contributed by atoms with Gasteiger partial charge in [0.25, 0.3) is 0 Å². The first-order valence-corrected chi connectivity index (χ1v) is 9.51. The number of hydrogen-bond acceptors (Lipinski definition) is 8. The highest BCUT2D eigenvalue weighted by Crippen LogP contribution is 2.29. The molecule has 30 heavy (non-hydrogen) atoms. The molecule has 0 radical (unpaired) electrons. The number of nitriles is 1. The average Bonchev–Trinajstić information content (AvgIpc) is 2.74. The number of nitrogens with two attached hydrogens (primary N) is 2. The lowest BCUT2D eigenvalue weighted by Gasteiger charge is -2.13. The highest BCUT2D eigenvalue weighted by molar-refractivity contribution is 6.35. The van der Waals surface area contributed by atoms with E-state index >= 15 is 0 Å². The van der Waals surface area contributed by atoms with Crippen LogP contribution in [-0.4, -0.2) is 26.5 Å². The number of para-hydroxylation sites is 1. The van der Waals surface area contributed by atoms with Gasteiger partial charge in [-0.25, -0.2) is 4.98 Å². The Bertz CT molecular complexity index is 1270. The van der Waals surface area contributed by atoms with Crippen LogP contribution in [0.2, 0.25) is 5.02 Å². The number of rotatable bonds is 5. The molecule has 0 unspecified atom stereocenters. The first-order chi connectivity index (χ1) is 14.6. The van der Waals surface area contributed by atoms with E-state index in [0.717, 1.165) is 27.9 Å². The molecule has 3 heterocycles. The maximum absolute atomic E-state index is 9.32. The first kappa shape index (κ1) is 19.4. The second-order valence-electron chi connectivity index (χ2n) is 6.50. The van der Waals surface area contributed by atoms with Crippen molar-refractivity contribution >= 4 is 40.1 Å². The van der Waals surface area contributed by atoms with E-state index < -0.39 is 0 Å². The summed E-state index contributed by atoms with van der Waals surface area (Å²) in [7, 11) is 0. The number of anilines is 3. The van der Waals surface area contributed by atoms with Crippen LogP contribution in [0.1, 0.15) is 11.1 Å². The lowest BCUT2D eigenvalue weighted by molar-refractivity contribution is 0.994. The van der Waals surface area contributed by atoms with E-state index in [9.17, 15) is 5.26 Å². The molecule has 0 spiro atoms. The number of hydrogen-bond donors (Lipinski definition) is 3. The van der Waals surface area contributed by atoms with Gasteiger partial charge in [-0.15, -0.1) is 0 Å². The molecule has 8 nitrogen and oxygen atoms in total. The molecule has 0 atom stereocenters. The molecule has 3 aromatic heterocycles. The molecule has 4 rings (SSSR count). The Balaban J connectivity index is 1.68. The minimum absolute atomic E-state index is 0.00480. The molecule has 0 bridgehead atoms. The Hall–Kier alpha value is -3.96. The fourth-order valence-electron chi connectivity index (χ4n) is 3.17. The third-order valence-corrected chi connectivity index (χ3v) is 4.84. The monoisotopic (exact) mass is 416 g/mol. The van der Waals surface area contributed by atoms with Crippen molar-refractivity contribution in [3.05, 3.63) is 64.8 Å². The summed E-state index contributed by atoms with van der Waals surface area (Å²) in [6, 6.07) is 15.4. The molecule has 4 aromatic rings. The van der Waals surface area contributed by atoms with Gasteiger partial charge < -0.3 is 16.8 Å². The van der Waals surface area contributed by atoms with Gasteiger partial charge in [0.05, 0.1) is 21.9 Å². The van der Waals surface area contributed by atoms with Crippen LogP contribution in [-0.2, 0) is 6.42 Å². The predicted octanol–water partition coefficient (Wildman–Crippen LogP) is 3.43. The second-order valence-corrected chi connectivity index (χ2v) is 6.91. The zero-order valence-corrected chi connectivity index (χ0v) is 16.6. The van der Waals surface area contributed by atoms with Gasteiger partial charge in [0.15, 0.2) is 5.82 Å². The molecular formula is C21H17ClN8. The molecule has 0 aliphatic carbocycles. The van der Waals surface area contributed by atoms with Crippen molar-refractivity contribution in [1.82, 2.24) is 19.9 Å². The zero-order valence-electron chi connectivity index (χ0n) is 15.8. The van der Waals surface area contributed by atoms with Crippen LogP contribution in [0.4, 0.5) is 17.6 Å². The SMILES string of the molecule is N#Cc1c(N)nc(N)nc1NCCc1cc2cccc(Cl)c2nc1-c1ccccn1. The standard InChI is InChI=1S/C21H17ClN8/c22-15-5-3-4-12-10-13(18(28-17(12)15)16-6-1-2-8-26-16)7-9-27-20-14(11-23)19(24)29-21(25)30-20/h1-6,8,10H,7,9H2,(H5,24,25,27,29,30). The Kier molecular flexibility index (Phi) is 5.28. The number of halogens is 1. The lowest BCUT2D eigenvalue weighted by atomic mass is 10.0. The number of pyridine rings is 2. The lowest BCUT2D eigenvalue weighted by Crippen LogP contribution is -2.12. The van der Waals surface area contributed by atoms with Gasteiger partial charge in [-0.3, -0.25) is 4.98 Å². The molecule has 0 saturated heterocycles. The predicted molar refractivity (Wildman–Crippen MR) is 118 cm³/mol. The van der Waals surface area contributed by atoms with Crippen molar-refractivity contribution < 1.29 is 0 Å². The van der Waals surface area contributed by atoms with Crippen molar-refractivity contribution in [2.24, 2.45) is 0 Å². The topological polar surface area (TPSA) is 139 Å². The number of benzene rings is 1. The van der Waals surface area contributed by atoms with Gasteiger partial charge in [0.1, 0.15) is 17.5 Å². The van der Waals surface area contributed by atoms with Gasteiger partial charge >= 0.3 is 0 Å². The van der Waals surface area contributed by atoms with Crippen LogP contribution < -0.4 is 16.8 Å². The van der Waals surface area contributed by atoms with Gasteiger partial charge in [0, 0.05) is 18.1 Å². The number of nitrogens with zero attached hydrogens (tertiary/aromatic N) is 5. The van der Waals surface area contributed by atoms with Gasteiger partial charge in [-0.05, 0) is 36.2 Å². The molecule has 1 aromatic carbocycles. The normalized spacial score (nSPS) is 10.7. The average molecular weight is 417 g/mol. The van der Waals surface area contributed by atoms with Crippen LogP contribution in [0.25, 0.3) is 22.3 Å². The number of nitrogens with one attached hydrogen (secondary N) is 1. The minimum atomic E-state index is 0.00480. The molecule has 0 fully saturated rings. The Morgan fingerprint density at radius 2 is 1.93 bits per heavy atom. The van der Waals surface area contributed by atoms with E-state index in [4.69, 9.17) is 28.1 Å². The van der Waals surface area contributed by atoms with Crippen molar-refractivity contribution in [3.8, 4) is 17.5 Å². The quantitative estimate of drug-likeness (QED) is 0.449. The van der Waals surface area contributed by atoms with Crippen LogP contribution in [0.5, 0.6) is 0 Å². The van der Waals surface area contributed by atoms with Crippen molar-refractivity contribution in [2.45, 2.75) is 6.42 Å². The van der Waals surface area contributed by atoms with Crippen molar-refractivity contribution in [2.75, 3.05) is 23.3 Å². The Morgan fingerprint density at radius 1 is 1.07 bits per heavy atom. The zero-order chi connectivity index (χ0) is 21.1.